The summed E-state index contributed by atoms with van der Waals surface area (Å²) in [5.41, 5.74) is 3.90. The number of thioether (sulfide) groups is 1. The Morgan fingerprint density at radius 1 is 1.37 bits per heavy atom. The molecule has 19 heavy (non-hydrogen) atoms. The van der Waals surface area contributed by atoms with Crippen molar-refractivity contribution in [1.29, 1.82) is 0 Å². The van der Waals surface area contributed by atoms with E-state index in [-0.39, 0.29) is 0 Å². The quantitative estimate of drug-likeness (QED) is 0.800. The number of rotatable bonds is 4. The van der Waals surface area contributed by atoms with Gasteiger partial charge in [-0.15, -0.1) is 0 Å². The molecule has 0 saturated heterocycles. The number of aromatic nitrogens is 2. The van der Waals surface area contributed by atoms with Crippen LogP contribution in [-0.4, -0.2) is 21.6 Å². The Kier molecular flexibility index (Phi) is 3.42. The van der Waals surface area contributed by atoms with Crippen LogP contribution in [0, 0.1) is 0 Å². The molecule has 0 fully saturated rings. The van der Waals surface area contributed by atoms with Gasteiger partial charge in [0, 0.05) is 17.9 Å². The maximum atomic E-state index is 11.3. The van der Waals surface area contributed by atoms with Crippen molar-refractivity contribution in [2.24, 2.45) is 0 Å². The summed E-state index contributed by atoms with van der Waals surface area (Å²) in [7, 11) is 0. The van der Waals surface area contributed by atoms with Gasteiger partial charge in [-0.2, -0.15) is 0 Å². The van der Waals surface area contributed by atoms with Crippen molar-refractivity contribution < 1.29 is 4.79 Å². The molecule has 0 radical (unpaired) electrons. The Balaban J connectivity index is 2.00. The van der Waals surface area contributed by atoms with Crippen molar-refractivity contribution in [3.05, 3.63) is 35.5 Å². The van der Waals surface area contributed by atoms with E-state index in [1.54, 1.807) is 11.8 Å². The number of aldehydes is 1. The first-order valence-corrected chi connectivity index (χ1v) is 7.60. The lowest BCUT2D eigenvalue weighted by Crippen LogP contribution is -2.00. The lowest BCUT2D eigenvalue weighted by Gasteiger charge is -2.03. The third-order valence-electron chi connectivity index (χ3n) is 3.40. The van der Waals surface area contributed by atoms with Gasteiger partial charge in [-0.25, -0.2) is 4.98 Å². The molecule has 3 rings (SSSR count). The molecule has 0 unspecified atom stereocenters. The Labute approximate surface area is 117 Å². The molecule has 3 nitrogen and oxygen atoms in total. The van der Waals surface area contributed by atoms with Crippen molar-refractivity contribution in [2.45, 2.75) is 31.5 Å². The smallest absolute Gasteiger partial charge is 0.169 e. The second-order valence-corrected chi connectivity index (χ2v) is 5.76. The van der Waals surface area contributed by atoms with Crippen LogP contribution in [0.1, 0.15) is 29.4 Å². The number of hydrogen-bond donors (Lipinski definition) is 0. The maximum Gasteiger partial charge on any atom is 0.169 e. The summed E-state index contributed by atoms with van der Waals surface area (Å²) < 4.78 is 2.02. The number of benzene rings is 1. The fraction of sp³-hybridized carbons (Fsp3) is 0.333. The third kappa shape index (κ3) is 2.21. The molecular weight excluding hydrogens is 256 g/mol. The molecule has 0 spiro atoms. The van der Waals surface area contributed by atoms with Gasteiger partial charge < -0.3 is 4.57 Å². The summed E-state index contributed by atoms with van der Waals surface area (Å²) in [5, 5.41) is 0.967. The summed E-state index contributed by atoms with van der Waals surface area (Å²) in [5.74, 6) is 1.01. The summed E-state index contributed by atoms with van der Waals surface area (Å²) >= 11 is 1.72. The highest BCUT2D eigenvalue weighted by Crippen LogP contribution is 2.32. The van der Waals surface area contributed by atoms with Gasteiger partial charge in [-0.05, 0) is 12.0 Å². The van der Waals surface area contributed by atoms with Crippen LogP contribution in [0.2, 0.25) is 0 Å². The molecule has 1 aromatic heterocycles. The van der Waals surface area contributed by atoms with Crippen LogP contribution in [0.15, 0.2) is 29.4 Å². The van der Waals surface area contributed by atoms with Gasteiger partial charge in [0.15, 0.2) is 11.4 Å². The van der Waals surface area contributed by atoms with Gasteiger partial charge in [0.2, 0.25) is 0 Å². The normalized spacial score (nSPS) is 13.5. The first kappa shape index (κ1) is 12.5. The van der Waals surface area contributed by atoms with E-state index >= 15 is 0 Å². The topological polar surface area (TPSA) is 34.9 Å². The van der Waals surface area contributed by atoms with E-state index in [1.807, 2.05) is 4.57 Å². The highest BCUT2D eigenvalue weighted by atomic mass is 32.2. The molecule has 0 bridgehead atoms. The van der Waals surface area contributed by atoms with Crippen LogP contribution in [0.25, 0.3) is 11.3 Å². The Bertz CT molecular complexity index is 601. The zero-order chi connectivity index (χ0) is 13.2. The number of carbonyl (C=O) groups is 1. The van der Waals surface area contributed by atoms with E-state index in [4.69, 9.17) is 0 Å². The van der Waals surface area contributed by atoms with E-state index in [9.17, 15) is 4.79 Å². The zero-order valence-corrected chi connectivity index (χ0v) is 11.7. The number of nitrogens with zero attached hydrogens (tertiary/aromatic N) is 2. The largest absolute Gasteiger partial charge is 0.315 e. The molecular formula is C15H16N2OS. The molecule has 2 aromatic rings. The van der Waals surface area contributed by atoms with Gasteiger partial charge in [0.1, 0.15) is 11.4 Å². The highest BCUT2D eigenvalue weighted by molar-refractivity contribution is 7.99. The van der Waals surface area contributed by atoms with Gasteiger partial charge in [-0.3, -0.25) is 4.79 Å². The first-order valence-electron chi connectivity index (χ1n) is 6.61. The average Bonchev–Trinajstić information content (AvgIpc) is 3.00. The van der Waals surface area contributed by atoms with Crippen LogP contribution in [0.4, 0.5) is 0 Å². The minimum Gasteiger partial charge on any atom is -0.315 e. The van der Waals surface area contributed by atoms with Crippen LogP contribution < -0.4 is 0 Å². The van der Waals surface area contributed by atoms with Crippen molar-refractivity contribution in [2.75, 3.05) is 5.75 Å². The van der Waals surface area contributed by atoms with Crippen molar-refractivity contribution in [1.82, 2.24) is 9.55 Å². The lowest BCUT2D eigenvalue weighted by atomic mass is 10.1. The molecule has 4 heteroatoms. The van der Waals surface area contributed by atoms with Crippen LogP contribution in [0.3, 0.4) is 0 Å². The monoisotopic (exact) mass is 272 g/mol. The Morgan fingerprint density at radius 3 is 2.84 bits per heavy atom. The van der Waals surface area contributed by atoms with Crippen molar-refractivity contribution >= 4 is 18.0 Å². The molecule has 0 atom stereocenters. The predicted octanol–water partition coefficient (Wildman–Crippen LogP) is 3.42. The van der Waals surface area contributed by atoms with Gasteiger partial charge in [0.05, 0.1) is 0 Å². The van der Waals surface area contributed by atoms with Gasteiger partial charge in [0.25, 0.3) is 0 Å². The fourth-order valence-electron chi connectivity index (χ4n) is 2.45. The van der Waals surface area contributed by atoms with E-state index in [2.05, 4.69) is 36.2 Å². The summed E-state index contributed by atoms with van der Waals surface area (Å²) in [6, 6.07) is 8.40. The molecule has 0 saturated carbocycles. The lowest BCUT2D eigenvalue weighted by molar-refractivity contribution is 0.111. The molecule has 1 aromatic carbocycles. The highest BCUT2D eigenvalue weighted by Gasteiger charge is 2.21. The van der Waals surface area contributed by atoms with Crippen molar-refractivity contribution in [3.8, 4) is 11.3 Å². The number of carbonyl (C=O) groups excluding carboxylic acids is 1. The van der Waals surface area contributed by atoms with Gasteiger partial charge >= 0.3 is 0 Å². The predicted molar refractivity (Wildman–Crippen MR) is 77.8 cm³/mol. The Hall–Kier alpha value is -1.55. The third-order valence-corrected chi connectivity index (χ3v) is 4.35. The van der Waals surface area contributed by atoms with E-state index in [0.29, 0.717) is 5.69 Å². The van der Waals surface area contributed by atoms with Crippen LogP contribution in [-0.2, 0) is 13.0 Å². The number of imidazole rings is 1. The van der Waals surface area contributed by atoms with E-state index < -0.39 is 0 Å². The standard InChI is InChI=1S/C15H16N2OS/c1-2-3-11-4-6-12(7-5-11)14-13(10-18)17-8-9-19-15(17)16-14/h4-7,10H,2-3,8-9H2,1H3. The zero-order valence-electron chi connectivity index (χ0n) is 10.9. The molecule has 0 amide bonds. The van der Waals surface area contributed by atoms with Crippen molar-refractivity contribution in [3.63, 3.8) is 0 Å². The average molecular weight is 272 g/mol. The SMILES string of the molecule is CCCc1ccc(-c2nc3n(c2C=O)CCS3)cc1. The second kappa shape index (κ2) is 5.21. The van der Waals surface area contributed by atoms with Crippen LogP contribution >= 0.6 is 11.8 Å². The summed E-state index contributed by atoms with van der Waals surface area (Å²) in [6.45, 7) is 3.06. The molecule has 0 aliphatic carbocycles. The summed E-state index contributed by atoms with van der Waals surface area (Å²) in [4.78, 5) is 15.9. The van der Waals surface area contributed by atoms with Gasteiger partial charge in [-0.1, -0.05) is 49.4 Å². The minimum absolute atomic E-state index is 0.711. The molecule has 1 aliphatic heterocycles. The Morgan fingerprint density at radius 2 is 2.16 bits per heavy atom. The number of hydrogen-bond acceptors (Lipinski definition) is 3. The van der Waals surface area contributed by atoms with E-state index in [1.165, 1.54) is 5.56 Å². The first-order chi connectivity index (χ1) is 9.33. The van der Waals surface area contributed by atoms with Crippen LogP contribution in [0.5, 0.6) is 0 Å². The second-order valence-electron chi connectivity index (χ2n) is 4.69. The molecule has 98 valence electrons. The molecule has 2 heterocycles. The maximum absolute atomic E-state index is 11.3. The molecule has 1 aliphatic rings. The number of fused-ring (bicyclic) bond motifs is 1. The molecule has 0 N–H and O–H groups in total. The summed E-state index contributed by atoms with van der Waals surface area (Å²) in [6.07, 6.45) is 3.17. The fourth-order valence-corrected chi connectivity index (χ4v) is 3.41. The minimum atomic E-state index is 0.711. The number of aryl methyl sites for hydroxylation is 1. The van der Waals surface area contributed by atoms with E-state index in [0.717, 1.165) is 47.8 Å².